The highest BCUT2D eigenvalue weighted by molar-refractivity contribution is 7.89. The van der Waals surface area contributed by atoms with Crippen molar-refractivity contribution in [1.82, 2.24) is 9.62 Å². The number of carbonyl (C=O) groups is 2. The van der Waals surface area contributed by atoms with Gasteiger partial charge in [0.15, 0.2) is 0 Å². The van der Waals surface area contributed by atoms with Crippen LogP contribution in [0, 0.1) is 6.92 Å². The lowest BCUT2D eigenvalue weighted by Gasteiger charge is -2.20. The van der Waals surface area contributed by atoms with Crippen LogP contribution >= 0.6 is 0 Å². The molecule has 1 aliphatic heterocycles. The molecule has 0 aromatic heterocycles. The SMILES string of the molecule is Cc1c(C(=O)O)cccc1S(=O)(=O)N1CCCNC(=O)C1. The summed E-state index contributed by atoms with van der Waals surface area (Å²) in [5, 5.41) is 11.7. The number of aromatic carboxylic acids is 1. The van der Waals surface area contributed by atoms with Crippen molar-refractivity contribution in [2.45, 2.75) is 18.2 Å². The Bertz CT molecular complexity index is 684. The summed E-state index contributed by atoms with van der Waals surface area (Å²) in [6.07, 6.45) is 0.517. The first-order chi connectivity index (χ1) is 9.84. The van der Waals surface area contributed by atoms with Crippen LogP contribution in [-0.4, -0.2) is 49.3 Å². The van der Waals surface area contributed by atoms with E-state index in [2.05, 4.69) is 5.32 Å². The molecule has 0 radical (unpaired) electrons. The number of nitrogens with zero attached hydrogens (tertiary/aromatic N) is 1. The molecule has 0 aliphatic carbocycles. The summed E-state index contributed by atoms with van der Waals surface area (Å²) in [5.74, 6) is -1.54. The number of nitrogens with one attached hydrogen (secondary N) is 1. The molecule has 0 bridgehead atoms. The molecular weight excluding hydrogens is 296 g/mol. The van der Waals surface area contributed by atoms with Gasteiger partial charge in [0.2, 0.25) is 15.9 Å². The number of carboxylic acids is 1. The van der Waals surface area contributed by atoms with Gasteiger partial charge in [-0.15, -0.1) is 0 Å². The monoisotopic (exact) mass is 312 g/mol. The molecule has 0 saturated carbocycles. The molecule has 2 N–H and O–H groups in total. The zero-order valence-electron chi connectivity index (χ0n) is 11.5. The second-order valence-corrected chi connectivity index (χ2v) is 6.68. The second kappa shape index (κ2) is 5.82. The van der Waals surface area contributed by atoms with Crippen LogP contribution in [0.5, 0.6) is 0 Å². The van der Waals surface area contributed by atoms with E-state index in [4.69, 9.17) is 5.11 Å². The lowest BCUT2D eigenvalue weighted by Crippen LogP contribution is -2.37. The fraction of sp³-hybridized carbons (Fsp3) is 0.385. The number of benzene rings is 1. The molecule has 0 atom stereocenters. The van der Waals surface area contributed by atoms with Crippen LogP contribution in [0.25, 0.3) is 0 Å². The minimum atomic E-state index is -3.90. The highest BCUT2D eigenvalue weighted by Gasteiger charge is 2.30. The molecule has 0 unspecified atom stereocenters. The Morgan fingerprint density at radius 3 is 2.76 bits per heavy atom. The molecule has 1 aromatic carbocycles. The Kier molecular flexibility index (Phi) is 4.29. The standard InChI is InChI=1S/C13H16N2O5S/c1-9-10(13(17)18)4-2-5-11(9)21(19,20)15-7-3-6-14-12(16)8-15/h2,4-5H,3,6-8H2,1H3,(H,14,16)(H,17,18). The Hall–Kier alpha value is -1.93. The lowest BCUT2D eigenvalue weighted by molar-refractivity contribution is -0.120. The van der Waals surface area contributed by atoms with Crippen LogP contribution in [0.1, 0.15) is 22.3 Å². The molecule has 1 amide bonds. The summed E-state index contributed by atoms with van der Waals surface area (Å²) in [5.41, 5.74) is 0.116. The van der Waals surface area contributed by atoms with Crippen LogP contribution in [0.4, 0.5) is 0 Å². The first kappa shape index (κ1) is 15.5. The van der Waals surface area contributed by atoms with Gasteiger partial charge in [0.1, 0.15) is 0 Å². The van der Waals surface area contributed by atoms with Gasteiger partial charge in [-0.25, -0.2) is 13.2 Å². The Morgan fingerprint density at radius 2 is 2.10 bits per heavy atom. The molecule has 1 aromatic rings. The van der Waals surface area contributed by atoms with Crippen molar-refractivity contribution < 1.29 is 23.1 Å². The van der Waals surface area contributed by atoms with Gasteiger partial charge in [-0.05, 0) is 31.0 Å². The van der Waals surface area contributed by atoms with Crippen LogP contribution in [-0.2, 0) is 14.8 Å². The van der Waals surface area contributed by atoms with Gasteiger partial charge in [-0.1, -0.05) is 6.07 Å². The average molecular weight is 312 g/mol. The fourth-order valence-corrected chi connectivity index (χ4v) is 3.93. The summed E-state index contributed by atoms with van der Waals surface area (Å²) in [6.45, 7) is 1.85. The number of rotatable bonds is 3. The number of hydrogen-bond acceptors (Lipinski definition) is 4. The molecule has 0 spiro atoms. The number of carboxylic acid groups (broad SMARTS) is 1. The molecule has 1 heterocycles. The van der Waals surface area contributed by atoms with Gasteiger partial charge in [-0.3, -0.25) is 4.79 Å². The lowest BCUT2D eigenvalue weighted by atomic mass is 10.1. The second-order valence-electron chi connectivity index (χ2n) is 4.78. The Morgan fingerprint density at radius 1 is 1.38 bits per heavy atom. The molecule has 2 rings (SSSR count). The van der Waals surface area contributed by atoms with E-state index in [1.54, 1.807) is 0 Å². The van der Waals surface area contributed by atoms with Gasteiger partial charge in [-0.2, -0.15) is 4.31 Å². The van der Waals surface area contributed by atoms with E-state index in [1.165, 1.54) is 25.1 Å². The maximum absolute atomic E-state index is 12.6. The third kappa shape index (κ3) is 3.06. The van der Waals surface area contributed by atoms with Gasteiger partial charge < -0.3 is 10.4 Å². The predicted molar refractivity (Wildman–Crippen MR) is 74.5 cm³/mol. The van der Waals surface area contributed by atoms with Crippen molar-refractivity contribution in [3.05, 3.63) is 29.3 Å². The first-order valence-electron chi connectivity index (χ1n) is 6.44. The summed E-state index contributed by atoms with van der Waals surface area (Å²) < 4.78 is 26.4. The van der Waals surface area contributed by atoms with Gasteiger partial charge >= 0.3 is 5.97 Å². The molecule has 1 aliphatic rings. The summed E-state index contributed by atoms with van der Waals surface area (Å²) in [7, 11) is -3.90. The number of sulfonamides is 1. The van der Waals surface area contributed by atoms with Crippen LogP contribution in [0.3, 0.4) is 0 Å². The summed E-state index contributed by atoms with van der Waals surface area (Å²) >= 11 is 0. The molecule has 114 valence electrons. The molecule has 21 heavy (non-hydrogen) atoms. The zero-order valence-corrected chi connectivity index (χ0v) is 12.3. The Balaban J connectivity index is 2.46. The van der Waals surface area contributed by atoms with Crippen molar-refractivity contribution in [3.8, 4) is 0 Å². The third-order valence-corrected chi connectivity index (χ3v) is 5.35. The predicted octanol–water partition coefficient (Wildman–Crippen LogP) is 0.204. The number of amides is 1. The van der Waals surface area contributed by atoms with Gasteiger partial charge in [0, 0.05) is 13.1 Å². The first-order valence-corrected chi connectivity index (χ1v) is 7.88. The quantitative estimate of drug-likeness (QED) is 0.830. The van der Waals surface area contributed by atoms with E-state index >= 15 is 0 Å². The van der Waals surface area contributed by atoms with E-state index in [0.29, 0.717) is 13.0 Å². The van der Waals surface area contributed by atoms with Crippen molar-refractivity contribution in [2.24, 2.45) is 0 Å². The van der Waals surface area contributed by atoms with E-state index in [1.807, 2.05) is 0 Å². The Labute approximate surface area is 122 Å². The molecule has 1 saturated heterocycles. The van der Waals surface area contributed by atoms with Crippen molar-refractivity contribution in [1.29, 1.82) is 0 Å². The van der Waals surface area contributed by atoms with E-state index in [0.717, 1.165) is 4.31 Å². The number of carbonyl (C=O) groups excluding carboxylic acids is 1. The molecular formula is C13H16N2O5S. The summed E-state index contributed by atoms with van der Waals surface area (Å²) in [4.78, 5) is 22.6. The maximum atomic E-state index is 12.6. The average Bonchev–Trinajstić information content (AvgIpc) is 2.63. The minimum Gasteiger partial charge on any atom is -0.478 e. The summed E-state index contributed by atoms with van der Waals surface area (Å²) in [6, 6.07) is 4.10. The van der Waals surface area contributed by atoms with Crippen LogP contribution in [0.15, 0.2) is 23.1 Å². The molecule has 8 heteroatoms. The van der Waals surface area contributed by atoms with E-state index in [9.17, 15) is 18.0 Å². The highest BCUT2D eigenvalue weighted by atomic mass is 32.2. The van der Waals surface area contributed by atoms with Crippen molar-refractivity contribution in [3.63, 3.8) is 0 Å². The third-order valence-electron chi connectivity index (χ3n) is 3.36. The zero-order chi connectivity index (χ0) is 15.6. The van der Waals surface area contributed by atoms with E-state index in [-0.39, 0.29) is 35.0 Å². The largest absolute Gasteiger partial charge is 0.478 e. The smallest absolute Gasteiger partial charge is 0.335 e. The maximum Gasteiger partial charge on any atom is 0.335 e. The topological polar surface area (TPSA) is 104 Å². The van der Waals surface area contributed by atoms with Gasteiger partial charge in [0.05, 0.1) is 17.0 Å². The molecule has 1 fully saturated rings. The van der Waals surface area contributed by atoms with Crippen LogP contribution < -0.4 is 5.32 Å². The van der Waals surface area contributed by atoms with E-state index < -0.39 is 16.0 Å². The minimum absolute atomic E-state index is 0.0599. The fourth-order valence-electron chi connectivity index (χ4n) is 2.25. The van der Waals surface area contributed by atoms with Crippen LogP contribution in [0.2, 0.25) is 0 Å². The number of hydrogen-bond donors (Lipinski definition) is 2. The normalized spacial score (nSPS) is 17.1. The van der Waals surface area contributed by atoms with Gasteiger partial charge in [0.25, 0.3) is 0 Å². The molecule has 7 nitrogen and oxygen atoms in total. The highest BCUT2D eigenvalue weighted by Crippen LogP contribution is 2.23. The van der Waals surface area contributed by atoms with Crippen molar-refractivity contribution in [2.75, 3.05) is 19.6 Å². The van der Waals surface area contributed by atoms with Crippen molar-refractivity contribution >= 4 is 21.9 Å².